The van der Waals surface area contributed by atoms with Crippen LogP contribution in [0.5, 0.6) is 11.5 Å². The number of para-hydroxylation sites is 1. The van der Waals surface area contributed by atoms with Gasteiger partial charge in [-0.1, -0.05) is 18.2 Å². The third-order valence-corrected chi connectivity index (χ3v) is 5.88. The first-order valence-corrected chi connectivity index (χ1v) is 10.3. The topological polar surface area (TPSA) is 75.0 Å². The van der Waals surface area contributed by atoms with Crippen molar-refractivity contribution in [3.8, 4) is 11.5 Å². The molecule has 2 heterocycles. The number of aliphatic hydroxyl groups is 2. The van der Waals surface area contributed by atoms with Crippen LogP contribution in [0.3, 0.4) is 0 Å². The molecule has 2 N–H and O–H groups in total. The molecule has 0 amide bonds. The molecule has 0 spiro atoms. The molecule has 1 aliphatic heterocycles. The zero-order chi connectivity index (χ0) is 21.0. The Hall–Kier alpha value is -2.67. The van der Waals surface area contributed by atoms with Crippen molar-refractivity contribution in [3.05, 3.63) is 66.4 Å². The van der Waals surface area contributed by atoms with Gasteiger partial charge in [0, 0.05) is 36.7 Å². The predicted octanol–water partition coefficient (Wildman–Crippen LogP) is 3.31. The summed E-state index contributed by atoms with van der Waals surface area (Å²) in [4.78, 5) is 6.49. The number of pyridine rings is 1. The highest BCUT2D eigenvalue weighted by Gasteiger charge is 2.36. The van der Waals surface area contributed by atoms with Crippen LogP contribution in [-0.4, -0.2) is 53.1 Å². The lowest BCUT2D eigenvalue weighted by Gasteiger charge is -2.40. The Balaban J connectivity index is 1.29. The SMILES string of the molecule is COc1ccc(OCCC(O)N2CCC(O)(c3cnc4ccccc4c3)CC2)cc1. The minimum absolute atomic E-state index is 0.420. The molecule has 6 heteroatoms. The number of aromatic nitrogens is 1. The highest BCUT2D eigenvalue weighted by Crippen LogP contribution is 2.34. The average Bonchev–Trinajstić information content (AvgIpc) is 2.79. The monoisotopic (exact) mass is 408 g/mol. The summed E-state index contributed by atoms with van der Waals surface area (Å²) in [5.41, 5.74) is 0.861. The van der Waals surface area contributed by atoms with Crippen molar-refractivity contribution in [2.75, 3.05) is 26.8 Å². The largest absolute Gasteiger partial charge is 0.497 e. The zero-order valence-electron chi connectivity index (χ0n) is 17.2. The summed E-state index contributed by atoms with van der Waals surface area (Å²) in [5.74, 6) is 1.53. The Morgan fingerprint density at radius 2 is 1.77 bits per heavy atom. The molecule has 4 rings (SSSR count). The molecule has 1 aliphatic rings. The standard InChI is InChI=1S/C24H28N2O4/c1-29-20-6-8-21(9-7-20)30-15-10-23(27)26-13-11-24(28,12-14-26)19-16-18-4-2-3-5-22(18)25-17-19/h2-9,16-17,23,27-28H,10-15H2,1H3. The summed E-state index contributed by atoms with van der Waals surface area (Å²) in [6.07, 6.45) is 2.80. The Morgan fingerprint density at radius 3 is 2.50 bits per heavy atom. The van der Waals surface area contributed by atoms with Crippen LogP contribution in [0.25, 0.3) is 10.9 Å². The van der Waals surface area contributed by atoms with E-state index in [4.69, 9.17) is 9.47 Å². The van der Waals surface area contributed by atoms with Gasteiger partial charge in [0.25, 0.3) is 0 Å². The van der Waals surface area contributed by atoms with Crippen LogP contribution in [0, 0.1) is 0 Å². The molecule has 0 aliphatic carbocycles. The molecule has 0 bridgehead atoms. The van der Waals surface area contributed by atoms with Crippen molar-refractivity contribution >= 4 is 10.9 Å². The molecule has 158 valence electrons. The number of fused-ring (bicyclic) bond motifs is 1. The van der Waals surface area contributed by atoms with Crippen LogP contribution in [0.2, 0.25) is 0 Å². The van der Waals surface area contributed by atoms with Gasteiger partial charge in [-0.25, -0.2) is 0 Å². The number of rotatable bonds is 7. The molecule has 1 saturated heterocycles. The summed E-state index contributed by atoms with van der Waals surface area (Å²) in [6.45, 7) is 1.66. The van der Waals surface area contributed by atoms with Gasteiger partial charge in [-0.15, -0.1) is 0 Å². The lowest BCUT2D eigenvalue weighted by Crippen LogP contribution is -2.47. The molecular formula is C24H28N2O4. The molecule has 0 saturated carbocycles. The van der Waals surface area contributed by atoms with Gasteiger partial charge in [-0.3, -0.25) is 9.88 Å². The smallest absolute Gasteiger partial charge is 0.119 e. The maximum Gasteiger partial charge on any atom is 0.119 e. The number of hydrogen-bond acceptors (Lipinski definition) is 6. The van der Waals surface area contributed by atoms with E-state index in [9.17, 15) is 10.2 Å². The first-order valence-electron chi connectivity index (χ1n) is 10.3. The molecule has 3 aromatic rings. The van der Waals surface area contributed by atoms with E-state index in [1.807, 2.05) is 59.5 Å². The summed E-state index contributed by atoms with van der Waals surface area (Å²) in [6, 6.07) is 17.3. The Kier molecular flexibility index (Phi) is 6.18. The van der Waals surface area contributed by atoms with Crippen LogP contribution in [-0.2, 0) is 5.60 Å². The van der Waals surface area contributed by atoms with E-state index in [1.54, 1.807) is 13.3 Å². The summed E-state index contributed by atoms with van der Waals surface area (Å²) in [7, 11) is 1.63. The number of nitrogens with zero attached hydrogens (tertiary/aromatic N) is 2. The number of ether oxygens (including phenoxy) is 2. The molecule has 1 unspecified atom stereocenters. The van der Waals surface area contributed by atoms with Gasteiger partial charge < -0.3 is 19.7 Å². The molecule has 2 aromatic carbocycles. The summed E-state index contributed by atoms with van der Waals surface area (Å²) in [5, 5.41) is 22.8. The van der Waals surface area contributed by atoms with Gasteiger partial charge in [0.15, 0.2) is 0 Å². The predicted molar refractivity (Wildman–Crippen MR) is 116 cm³/mol. The normalized spacial score (nSPS) is 17.6. The molecular weight excluding hydrogens is 380 g/mol. The molecule has 30 heavy (non-hydrogen) atoms. The third kappa shape index (κ3) is 4.56. The van der Waals surface area contributed by atoms with E-state index in [2.05, 4.69) is 4.98 Å². The van der Waals surface area contributed by atoms with Crippen LogP contribution in [0.15, 0.2) is 60.8 Å². The maximum atomic E-state index is 11.2. The van der Waals surface area contributed by atoms with E-state index in [0.717, 1.165) is 28.0 Å². The number of hydrogen-bond donors (Lipinski definition) is 2. The quantitative estimate of drug-likeness (QED) is 0.625. The maximum absolute atomic E-state index is 11.2. The second kappa shape index (κ2) is 9.00. The van der Waals surface area contributed by atoms with E-state index < -0.39 is 11.8 Å². The fraction of sp³-hybridized carbons (Fsp3) is 0.375. The van der Waals surface area contributed by atoms with E-state index in [-0.39, 0.29) is 0 Å². The Bertz CT molecular complexity index is 968. The van der Waals surface area contributed by atoms with E-state index >= 15 is 0 Å². The second-order valence-corrected chi connectivity index (χ2v) is 7.78. The number of likely N-dealkylation sites (tertiary alicyclic amines) is 1. The van der Waals surface area contributed by atoms with Gasteiger partial charge in [0.05, 0.1) is 24.8 Å². The van der Waals surface area contributed by atoms with Crippen LogP contribution in [0.1, 0.15) is 24.8 Å². The van der Waals surface area contributed by atoms with E-state index in [1.165, 1.54) is 0 Å². The zero-order valence-corrected chi connectivity index (χ0v) is 17.2. The number of piperidine rings is 1. The number of aliphatic hydroxyl groups excluding tert-OH is 1. The molecule has 0 radical (unpaired) electrons. The molecule has 6 nitrogen and oxygen atoms in total. The van der Waals surface area contributed by atoms with Crippen LogP contribution in [0.4, 0.5) is 0 Å². The first kappa shape index (κ1) is 20.6. The van der Waals surface area contributed by atoms with Crippen molar-refractivity contribution in [2.45, 2.75) is 31.1 Å². The second-order valence-electron chi connectivity index (χ2n) is 7.78. The van der Waals surface area contributed by atoms with Crippen molar-refractivity contribution in [1.29, 1.82) is 0 Å². The third-order valence-electron chi connectivity index (χ3n) is 5.88. The average molecular weight is 408 g/mol. The number of benzene rings is 2. The van der Waals surface area contributed by atoms with Gasteiger partial charge in [0.1, 0.15) is 17.7 Å². The highest BCUT2D eigenvalue weighted by molar-refractivity contribution is 5.78. The van der Waals surface area contributed by atoms with Crippen molar-refractivity contribution < 1.29 is 19.7 Å². The van der Waals surface area contributed by atoms with Crippen molar-refractivity contribution in [1.82, 2.24) is 9.88 Å². The lowest BCUT2D eigenvalue weighted by molar-refractivity contribution is -0.0819. The lowest BCUT2D eigenvalue weighted by atomic mass is 9.84. The molecule has 1 aromatic heterocycles. The Labute approximate surface area is 176 Å². The fourth-order valence-corrected chi connectivity index (χ4v) is 3.94. The van der Waals surface area contributed by atoms with Crippen molar-refractivity contribution in [2.24, 2.45) is 0 Å². The van der Waals surface area contributed by atoms with Gasteiger partial charge in [0.2, 0.25) is 0 Å². The first-order chi connectivity index (χ1) is 14.6. The fourth-order valence-electron chi connectivity index (χ4n) is 3.94. The van der Waals surface area contributed by atoms with Crippen molar-refractivity contribution in [3.63, 3.8) is 0 Å². The summed E-state index contributed by atoms with van der Waals surface area (Å²) >= 11 is 0. The minimum Gasteiger partial charge on any atom is -0.497 e. The van der Waals surface area contributed by atoms with Gasteiger partial charge in [-0.2, -0.15) is 0 Å². The Morgan fingerprint density at radius 1 is 1.07 bits per heavy atom. The highest BCUT2D eigenvalue weighted by atomic mass is 16.5. The van der Waals surface area contributed by atoms with Crippen LogP contribution < -0.4 is 9.47 Å². The molecule has 1 atom stereocenters. The van der Waals surface area contributed by atoms with E-state index in [0.29, 0.717) is 39.0 Å². The van der Waals surface area contributed by atoms with Gasteiger partial charge >= 0.3 is 0 Å². The number of methoxy groups -OCH3 is 1. The molecule has 1 fully saturated rings. The van der Waals surface area contributed by atoms with Gasteiger partial charge in [-0.05, 0) is 49.2 Å². The summed E-state index contributed by atoms with van der Waals surface area (Å²) < 4.78 is 10.9. The minimum atomic E-state index is -0.910. The van der Waals surface area contributed by atoms with Crippen LogP contribution >= 0.6 is 0 Å².